The Morgan fingerprint density at radius 2 is 1.11 bits per heavy atom. The largest absolute Gasteiger partial charge is 3.00 e. The Labute approximate surface area is 175 Å². The minimum absolute atomic E-state index is 0. The van der Waals surface area contributed by atoms with Crippen LogP contribution in [0.3, 0.4) is 0 Å². The van der Waals surface area contributed by atoms with E-state index in [1.165, 1.54) is 0 Å². The van der Waals surface area contributed by atoms with Crippen LogP contribution in [0.2, 0.25) is 0 Å². The van der Waals surface area contributed by atoms with Gasteiger partial charge in [0.05, 0.1) is 28.2 Å². The number of rotatable bonds is 8. The average molecular weight is 435 g/mol. The molecule has 10 heteroatoms. The van der Waals surface area contributed by atoms with Gasteiger partial charge in [-0.15, -0.1) is 0 Å². The molecule has 0 rings (SSSR count). The molecule has 1 radical (unpaired) electrons. The Balaban J connectivity index is -0.000000333. The van der Waals surface area contributed by atoms with Gasteiger partial charge in [0.25, 0.3) is 0 Å². The summed E-state index contributed by atoms with van der Waals surface area (Å²) in [4.78, 5) is 24.5. The summed E-state index contributed by atoms with van der Waals surface area (Å²) in [7, 11) is 10.4. The number of carbonyl (C=O) groups is 2. The standard InChI is InChI=1S/C13H29N5O2.C4H12N.Ni.H2O/c1-10(2)16-12(19)14-6-8-18(5)9-7-15-13(20)17-11(3)4;1-5(2,3)4;;/h10-11H,6-9H2,1-5H3,(H4,14,15,16,17,19,20);1-4H3;;1H2/q;+1;+3;/p-3. The fourth-order valence-corrected chi connectivity index (χ4v) is 1.34. The zero-order chi connectivity index (χ0) is 20.0. The van der Waals surface area contributed by atoms with Crippen molar-refractivity contribution < 1.29 is 36.0 Å². The molecule has 0 aliphatic rings. The first kappa shape index (κ1) is 33.5. The zero-order valence-electron chi connectivity index (χ0n) is 18.4. The first-order valence-electron chi connectivity index (χ1n) is 8.74. The predicted octanol–water partition coefficient (Wildman–Crippen LogP) is 2.04. The van der Waals surface area contributed by atoms with E-state index in [4.69, 9.17) is 0 Å². The van der Waals surface area contributed by atoms with Crippen LogP contribution in [-0.4, -0.2) is 100 Å². The van der Waals surface area contributed by atoms with Gasteiger partial charge in [0.2, 0.25) is 0 Å². The van der Waals surface area contributed by atoms with Crippen LogP contribution < -0.4 is 10.6 Å². The fourth-order valence-electron chi connectivity index (χ4n) is 1.34. The summed E-state index contributed by atoms with van der Waals surface area (Å²) < 4.78 is 1.00. The number of quaternary nitrogens is 1. The molecule has 0 spiro atoms. The predicted molar refractivity (Wildman–Crippen MR) is 107 cm³/mol. The summed E-state index contributed by atoms with van der Waals surface area (Å²) in [5.74, 6) is 0. The first-order valence-corrected chi connectivity index (χ1v) is 8.74. The van der Waals surface area contributed by atoms with E-state index < -0.39 is 0 Å². The molecule has 0 bridgehead atoms. The van der Waals surface area contributed by atoms with Crippen molar-refractivity contribution in [3.63, 3.8) is 0 Å². The molecule has 9 nitrogen and oxygen atoms in total. The number of hydrogen-bond acceptors (Lipinski definition) is 4. The second-order valence-electron chi connectivity index (χ2n) is 7.96. The summed E-state index contributed by atoms with van der Waals surface area (Å²) in [5.41, 5.74) is 0. The Hall–Kier alpha value is -1.09. The summed E-state index contributed by atoms with van der Waals surface area (Å²) in [6, 6.07) is -0.367. The van der Waals surface area contributed by atoms with E-state index >= 15 is 0 Å². The van der Waals surface area contributed by atoms with E-state index in [0.29, 0.717) is 26.2 Å². The van der Waals surface area contributed by atoms with Gasteiger partial charge in [-0.05, 0) is 45.3 Å². The molecular formula is C17H40N6NiO3+. The van der Waals surface area contributed by atoms with Crippen LogP contribution in [-0.2, 0) is 16.5 Å². The van der Waals surface area contributed by atoms with Gasteiger partial charge in [-0.1, -0.05) is 27.7 Å². The second kappa shape index (κ2) is 18.3. The Morgan fingerprint density at radius 3 is 1.33 bits per heavy atom. The summed E-state index contributed by atoms with van der Waals surface area (Å²) in [5, 5.41) is 13.2. The number of nitrogens with zero attached hydrogens (tertiary/aromatic N) is 4. The normalized spacial score (nSPS) is 10.2. The molecule has 0 aliphatic heterocycles. The smallest absolute Gasteiger partial charge is 0.870 e. The molecule has 4 amide bonds. The van der Waals surface area contributed by atoms with Crippen LogP contribution in [0.1, 0.15) is 27.7 Å². The van der Waals surface area contributed by atoms with E-state index in [9.17, 15) is 9.59 Å². The maximum Gasteiger partial charge on any atom is 3.00 e. The first-order chi connectivity index (χ1) is 11.3. The van der Waals surface area contributed by atoms with Crippen molar-refractivity contribution in [1.82, 2.24) is 15.5 Å². The number of urea groups is 2. The van der Waals surface area contributed by atoms with Crippen molar-refractivity contribution in [2.45, 2.75) is 39.8 Å². The van der Waals surface area contributed by atoms with Gasteiger partial charge in [0.15, 0.2) is 12.1 Å². The van der Waals surface area contributed by atoms with Gasteiger partial charge in [0.1, 0.15) is 0 Å². The van der Waals surface area contributed by atoms with Gasteiger partial charge < -0.3 is 36.1 Å². The summed E-state index contributed by atoms with van der Waals surface area (Å²) >= 11 is 0. The molecule has 0 fully saturated rings. The Morgan fingerprint density at radius 1 is 0.852 bits per heavy atom. The SMILES string of the molecule is CC(C)NC(=O)[N-]CCN(C)CC[N-]C(=O)NC(C)C.C[N+](C)(C)C.[Ni+3].[OH-]. The third-order valence-electron chi connectivity index (χ3n) is 2.30. The Kier molecular flexibility index (Phi) is 22.7. The van der Waals surface area contributed by atoms with Gasteiger partial charge in [0, 0.05) is 0 Å². The van der Waals surface area contributed by atoms with Crippen molar-refractivity contribution in [3.8, 4) is 0 Å². The molecule has 0 aliphatic carbocycles. The molecule has 27 heavy (non-hydrogen) atoms. The average Bonchev–Trinajstić information content (AvgIpc) is 2.34. The monoisotopic (exact) mass is 434 g/mol. The van der Waals surface area contributed by atoms with Gasteiger partial charge in [-0.3, -0.25) is 9.59 Å². The van der Waals surface area contributed by atoms with Crippen LogP contribution in [0.5, 0.6) is 0 Å². The third kappa shape index (κ3) is 36.6. The minimum atomic E-state index is -0.283. The molecular weight excluding hydrogens is 395 g/mol. The number of amides is 4. The van der Waals surface area contributed by atoms with E-state index in [0.717, 1.165) is 4.48 Å². The van der Waals surface area contributed by atoms with E-state index in [2.05, 4.69) is 49.5 Å². The molecule has 0 atom stereocenters. The molecule has 3 N–H and O–H groups in total. The minimum Gasteiger partial charge on any atom is -0.870 e. The van der Waals surface area contributed by atoms with Gasteiger partial charge >= 0.3 is 16.5 Å². The molecule has 0 aromatic rings. The van der Waals surface area contributed by atoms with Crippen molar-refractivity contribution in [2.24, 2.45) is 0 Å². The van der Waals surface area contributed by atoms with E-state index in [-0.39, 0.29) is 46.1 Å². The van der Waals surface area contributed by atoms with Crippen LogP contribution in [0.4, 0.5) is 9.59 Å². The zero-order valence-corrected chi connectivity index (χ0v) is 19.3. The van der Waals surface area contributed by atoms with Crippen LogP contribution in [0, 0.1) is 0 Å². The van der Waals surface area contributed by atoms with Gasteiger partial charge in [-0.25, -0.2) is 0 Å². The molecule has 0 saturated heterocycles. The van der Waals surface area contributed by atoms with Crippen LogP contribution >= 0.6 is 0 Å². The molecule has 0 aromatic carbocycles. The van der Waals surface area contributed by atoms with Crippen molar-refractivity contribution in [2.75, 3.05) is 61.4 Å². The Bertz CT molecular complexity index is 342. The third-order valence-corrected chi connectivity index (χ3v) is 2.30. The fraction of sp³-hybridized carbons (Fsp3) is 0.882. The number of hydrogen-bond donors (Lipinski definition) is 2. The molecule has 165 valence electrons. The van der Waals surface area contributed by atoms with Crippen molar-refractivity contribution in [1.29, 1.82) is 0 Å². The summed E-state index contributed by atoms with van der Waals surface area (Å²) in [6.45, 7) is 9.76. The van der Waals surface area contributed by atoms with Crippen LogP contribution in [0.25, 0.3) is 10.6 Å². The number of nitrogens with one attached hydrogen (secondary N) is 2. The quantitative estimate of drug-likeness (QED) is 0.448. The van der Waals surface area contributed by atoms with Gasteiger partial charge in [-0.2, -0.15) is 0 Å². The van der Waals surface area contributed by atoms with Crippen molar-refractivity contribution >= 4 is 12.1 Å². The second-order valence-corrected chi connectivity index (χ2v) is 7.96. The van der Waals surface area contributed by atoms with E-state index in [1.807, 2.05) is 39.6 Å². The molecule has 0 saturated carbocycles. The van der Waals surface area contributed by atoms with Crippen LogP contribution in [0.15, 0.2) is 0 Å². The number of carbonyl (C=O) groups excluding carboxylic acids is 2. The summed E-state index contributed by atoms with van der Waals surface area (Å²) in [6.07, 6.45) is 0. The van der Waals surface area contributed by atoms with E-state index in [1.54, 1.807) is 0 Å². The maximum atomic E-state index is 11.3. The maximum absolute atomic E-state index is 11.3. The molecule has 0 unspecified atom stereocenters. The topological polar surface area (TPSA) is 120 Å². The molecule has 0 heterocycles. The number of likely N-dealkylation sites (N-methyl/N-ethyl adjacent to an activating group) is 1. The van der Waals surface area contributed by atoms with Crippen molar-refractivity contribution in [3.05, 3.63) is 10.6 Å². The molecule has 0 aromatic heterocycles.